The van der Waals surface area contributed by atoms with Crippen LogP contribution in [0.2, 0.25) is 10.6 Å². The van der Waals surface area contributed by atoms with Crippen LogP contribution >= 0.6 is 23.2 Å². The van der Waals surface area contributed by atoms with Crippen LogP contribution in [-0.2, 0) is 67.3 Å². The van der Waals surface area contributed by atoms with Crippen molar-refractivity contribution in [2.75, 3.05) is 50.3 Å². The van der Waals surface area contributed by atoms with Crippen LogP contribution in [0.15, 0.2) is 137 Å². The molecule has 0 aliphatic carbocycles. The van der Waals surface area contributed by atoms with Crippen LogP contribution < -0.4 is 188 Å². The molecule has 0 aliphatic heterocycles. The molecule has 0 saturated heterocycles. The van der Waals surface area contributed by atoms with Gasteiger partial charge in [0.15, 0.2) is 0 Å². The van der Waals surface area contributed by atoms with Gasteiger partial charge in [0.2, 0.25) is 22.5 Å². The number of nitro groups is 2. The number of anilines is 4. The van der Waals surface area contributed by atoms with E-state index in [1.165, 1.54) is 36.4 Å². The number of halogens is 2. The number of nitrogens with one attached hydrogen (secondary N) is 2. The van der Waals surface area contributed by atoms with E-state index in [4.69, 9.17) is 42.1 Å². The zero-order chi connectivity index (χ0) is 71.3. The number of aromatic nitrogens is 6. The van der Waals surface area contributed by atoms with E-state index in [1.54, 1.807) is 13.8 Å². The van der Waals surface area contributed by atoms with Crippen LogP contribution in [0.3, 0.4) is 0 Å². The molecule has 104 heavy (non-hydrogen) atoms. The van der Waals surface area contributed by atoms with Crippen LogP contribution in [0, 0.1) is 20.2 Å². The number of hydrogen-bond acceptors (Lipinski definition) is 36. The third kappa shape index (κ3) is 23.0. The molecule has 8 aromatic carbocycles. The van der Waals surface area contributed by atoms with Crippen molar-refractivity contribution in [3.05, 3.63) is 128 Å². The Balaban J connectivity index is 0.000000511. The van der Waals surface area contributed by atoms with E-state index in [9.17, 15) is 92.5 Å². The molecule has 0 fully saturated rings. The number of nitrogens with zero attached hydrogens (tertiary/aromatic N) is 12. The molecule has 38 nitrogen and oxygen atoms in total. The van der Waals surface area contributed by atoms with E-state index in [2.05, 4.69) is 61.0 Å². The minimum Gasteiger partial charge on any atom is -0.871 e. The Kier molecular flexibility index (Phi) is 35.2. The monoisotopic (exact) mass is 1630 g/mol. The largest absolute Gasteiger partial charge is 3.00 e. The first-order valence-electron chi connectivity index (χ1n) is 27.0. The summed E-state index contributed by atoms with van der Waals surface area (Å²) in [4.78, 5) is 40.1. The van der Waals surface area contributed by atoms with Gasteiger partial charge in [0.25, 0.3) is 11.4 Å². The zero-order valence-electron chi connectivity index (χ0n) is 54.4. The molecule has 0 aliphatic rings. The van der Waals surface area contributed by atoms with Gasteiger partial charge in [-0.2, -0.15) is 40.1 Å². The van der Waals surface area contributed by atoms with Crippen molar-refractivity contribution in [1.82, 2.24) is 29.9 Å². The molecule has 10 rings (SSSR count). The van der Waals surface area contributed by atoms with Crippen LogP contribution in [-0.4, -0.2) is 131 Å². The quantitative estimate of drug-likeness (QED) is 0.0142. The summed E-state index contributed by atoms with van der Waals surface area (Å²) in [6.07, 6.45) is 0. The molecule has 1 radical (unpaired) electrons. The number of fused-ring (bicyclic) bond motifs is 4. The van der Waals surface area contributed by atoms with Crippen molar-refractivity contribution in [3.63, 3.8) is 0 Å². The first kappa shape index (κ1) is 93.1. The van der Waals surface area contributed by atoms with Crippen LogP contribution in [0.5, 0.6) is 35.0 Å². The molecule has 0 saturated carbocycles. The predicted octanol–water partition coefficient (Wildman–Crippen LogP) is -8.44. The summed E-state index contributed by atoms with van der Waals surface area (Å²) >= 11 is 11.9. The topological polar surface area (TPSA) is 595 Å². The summed E-state index contributed by atoms with van der Waals surface area (Å²) in [5.41, 5.74) is -4.23. The van der Waals surface area contributed by atoms with Gasteiger partial charge in [-0.25, -0.2) is 33.7 Å². The Morgan fingerprint density at radius 2 is 0.750 bits per heavy atom. The van der Waals surface area contributed by atoms with Crippen LogP contribution in [0.25, 0.3) is 43.1 Å². The first-order chi connectivity index (χ1) is 46.1. The van der Waals surface area contributed by atoms with Crippen molar-refractivity contribution in [2.24, 2.45) is 20.5 Å². The number of nitro benzene ring substituents is 2. The maximum absolute atomic E-state index is 13.4. The van der Waals surface area contributed by atoms with Gasteiger partial charge in [0.1, 0.15) is 53.7 Å². The molecule has 515 valence electrons. The van der Waals surface area contributed by atoms with E-state index in [1.807, 2.05) is 0 Å². The van der Waals surface area contributed by atoms with Crippen molar-refractivity contribution >= 4 is 164 Å². The SMILES string of the molecule is CCOCCOc1nc(Cl)nc(Nc2ccc3c([O-])c(N=Nc4c([O-])cc(S(=O)(=O)[O-])c5cc([N+](=O)[O-])ccc45)c(S(=O)(=O)[O-])cc3c2)n1.CCOCCOc1nc(Cl)nc(Nc2ccc3c([O-])c(N=Nc4c([O-])cc(S(=O)(=O)[O-])c5cc([N+](=O)[O-])ccc45)c(S(=O)(=O)[O-])cc3c2)n1.[Cr+3].[Na+].[Na+].[Na+].[Na+].[Na+]. The normalized spacial score (nSPS) is 11.5. The van der Waals surface area contributed by atoms with Gasteiger partial charge in [0, 0.05) is 70.4 Å². The molecule has 0 spiro atoms. The molecule has 50 heteroatoms. The van der Waals surface area contributed by atoms with Crippen LogP contribution in [0.1, 0.15) is 13.8 Å². The molecule has 10 aromatic rings. The third-order valence-electron chi connectivity index (χ3n) is 13.1. The standard InChI is InChI=1S/2C27H22ClN7O12S2.Cr.5Na/c2*1-2-46-7-8-47-27-31-25(28)30-26(32-27)29-14-3-5-16-13(9-14)10-21(49(43,44)45)23(24(16)37)34-33-22-17-6-4-15(35(38)39)11-18(17)20(12-19(22)36)48(40,41)42;;;;;;/h2*3-6,9-12,36-37H,2,7-8H2,1H3,(H,40,41,42)(H,43,44,45)(H,29,30,31,32);;;;;;/q;;+3;5*+1/p-8. The molecular formula is C54H36Cl2CrN14Na5O24S4. The fraction of sp³-hybridized carbons (Fsp3) is 0.148. The third-order valence-corrected chi connectivity index (χ3v) is 16.9. The summed E-state index contributed by atoms with van der Waals surface area (Å²) in [5, 5.41) is 92.4. The fourth-order valence-corrected chi connectivity index (χ4v) is 11.9. The fourth-order valence-electron chi connectivity index (χ4n) is 8.97. The maximum Gasteiger partial charge on any atom is 3.00 e. The van der Waals surface area contributed by atoms with E-state index < -0.39 is 149 Å². The second-order valence-corrected chi connectivity index (χ2v) is 25.4. The summed E-state index contributed by atoms with van der Waals surface area (Å²) in [5.74, 6) is -4.79. The number of rotatable bonds is 24. The smallest absolute Gasteiger partial charge is 0.871 e. The number of benzene rings is 8. The minimum absolute atomic E-state index is 0. The Morgan fingerprint density at radius 3 is 1.07 bits per heavy atom. The van der Waals surface area contributed by atoms with Gasteiger partial charge in [-0.3, -0.25) is 20.2 Å². The number of hydrogen-bond donors (Lipinski definition) is 2. The van der Waals surface area contributed by atoms with Gasteiger partial charge in [0.05, 0.1) is 65.4 Å². The number of non-ortho nitro benzene ring substituents is 2. The van der Waals surface area contributed by atoms with Crippen LogP contribution in [0.4, 0.5) is 57.4 Å². The predicted molar refractivity (Wildman–Crippen MR) is 327 cm³/mol. The minimum atomic E-state index is -5.42. The zero-order valence-corrected chi connectivity index (χ0v) is 70.5. The van der Waals surface area contributed by atoms with Gasteiger partial charge >= 0.3 is 177 Å². The van der Waals surface area contributed by atoms with E-state index in [-0.39, 0.29) is 259 Å². The Morgan fingerprint density at radius 1 is 0.423 bits per heavy atom. The summed E-state index contributed by atoms with van der Waals surface area (Å²) in [7, 11) is -21.5. The average Bonchev–Trinajstić information content (AvgIpc) is 0.769. The van der Waals surface area contributed by atoms with Crippen molar-refractivity contribution in [1.29, 1.82) is 0 Å². The van der Waals surface area contributed by atoms with Gasteiger partial charge < -0.3 is 68.2 Å². The Bertz CT molecular complexity index is 5160. The van der Waals surface area contributed by atoms with Crippen molar-refractivity contribution < 1.29 is 266 Å². The van der Waals surface area contributed by atoms with E-state index in [0.717, 1.165) is 36.4 Å². The van der Waals surface area contributed by atoms with E-state index in [0.29, 0.717) is 37.5 Å². The van der Waals surface area contributed by atoms with E-state index >= 15 is 0 Å². The summed E-state index contributed by atoms with van der Waals surface area (Å²) in [6, 6.07) is 15.0. The maximum atomic E-state index is 13.4. The number of azo groups is 2. The first-order valence-corrected chi connectivity index (χ1v) is 33.4. The Hall–Kier alpha value is -5.11. The number of ether oxygens (including phenoxy) is 4. The molecule has 0 unspecified atom stereocenters. The van der Waals surface area contributed by atoms with Gasteiger partial charge in [-0.05, 0) is 119 Å². The molecule has 2 aromatic heterocycles. The summed E-state index contributed by atoms with van der Waals surface area (Å²) in [6.45, 7) is 5.30. The van der Waals surface area contributed by atoms with Crippen molar-refractivity contribution in [2.45, 2.75) is 33.4 Å². The molecule has 0 amide bonds. The summed E-state index contributed by atoms with van der Waals surface area (Å²) < 4.78 is 166. The molecule has 0 bridgehead atoms. The van der Waals surface area contributed by atoms with Crippen molar-refractivity contribution in [3.8, 4) is 35.0 Å². The second-order valence-electron chi connectivity index (χ2n) is 19.4. The Labute approximate surface area is 718 Å². The molecule has 0 atom stereocenters. The molecule has 2 heterocycles. The van der Waals surface area contributed by atoms with Gasteiger partial charge in [-0.1, -0.05) is 35.1 Å². The molecule has 2 N–H and O–H groups in total. The van der Waals surface area contributed by atoms with Gasteiger partial charge in [-0.15, -0.1) is 10.2 Å². The average molecular weight is 1630 g/mol. The molecular weight excluding hydrogens is 1590 g/mol. The second kappa shape index (κ2) is 39.3.